The fourth-order valence-electron chi connectivity index (χ4n) is 2.96. The summed E-state index contributed by atoms with van der Waals surface area (Å²) in [7, 11) is 0. The molecule has 0 unspecified atom stereocenters. The predicted molar refractivity (Wildman–Crippen MR) is 112 cm³/mol. The van der Waals surface area contributed by atoms with E-state index in [0.717, 1.165) is 37.5 Å². The van der Waals surface area contributed by atoms with Crippen LogP contribution < -0.4 is 0 Å². The van der Waals surface area contributed by atoms with E-state index in [1.165, 1.54) is 11.3 Å². The Hall–Kier alpha value is -3.24. The maximum Gasteiger partial charge on any atom is 0.307 e. The summed E-state index contributed by atoms with van der Waals surface area (Å²) in [6, 6.07) is 26.2. The minimum atomic E-state index is -0.860. The lowest BCUT2D eigenvalue weighted by atomic mass is 10.0. The molecular formula is C23H17NO2S. The molecule has 0 aliphatic carbocycles. The molecular weight excluding hydrogens is 354 g/mol. The fraction of sp³-hybridized carbons (Fsp3) is 0.0435. The third kappa shape index (κ3) is 3.96. The minimum Gasteiger partial charge on any atom is -0.481 e. The molecule has 27 heavy (non-hydrogen) atoms. The highest BCUT2D eigenvalue weighted by atomic mass is 32.1. The molecule has 0 radical (unpaired) electrons. The van der Waals surface area contributed by atoms with Crippen LogP contribution in [0.1, 0.15) is 17.0 Å². The molecule has 3 aromatic carbocycles. The van der Waals surface area contributed by atoms with Crippen LogP contribution in [0.4, 0.5) is 0 Å². The van der Waals surface area contributed by atoms with E-state index in [4.69, 9.17) is 0 Å². The number of hydrogen-bond acceptors (Lipinski definition) is 3. The van der Waals surface area contributed by atoms with Gasteiger partial charge in [0.2, 0.25) is 0 Å². The fourth-order valence-corrected chi connectivity index (χ4v) is 3.94. The number of carboxylic acid groups (broad SMARTS) is 1. The topological polar surface area (TPSA) is 50.2 Å². The molecule has 3 nitrogen and oxygen atoms in total. The van der Waals surface area contributed by atoms with E-state index in [-0.39, 0.29) is 6.42 Å². The van der Waals surface area contributed by atoms with Gasteiger partial charge in [-0.3, -0.25) is 4.79 Å². The van der Waals surface area contributed by atoms with E-state index in [1.54, 1.807) is 0 Å². The Balaban J connectivity index is 1.69. The maximum atomic E-state index is 11.4. The van der Waals surface area contributed by atoms with Crippen LogP contribution in [0.5, 0.6) is 0 Å². The van der Waals surface area contributed by atoms with E-state index in [2.05, 4.69) is 29.2 Å². The van der Waals surface area contributed by atoms with Gasteiger partial charge in [-0.25, -0.2) is 4.98 Å². The third-order valence-electron chi connectivity index (χ3n) is 4.27. The third-order valence-corrected chi connectivity index (χ3v) is 5.38. The SMILES string of the molecule is O=C(O)C/C(=C\c1ccc(-c2ccccc2)cc1)c1nc2ccccc2s1. The summed E-state index contributed by atoms with van der Waals surface area (Å²) in [4.78, 5) is 16.0. The first-order chi connectivity index (χ1) is 13.2. The smallest absolute Gasteiger partial charge is 0.307 e. The summed E-state index contributed by atoms with van der Waals surface area (Å²) in [5, 5.41) is 10.1. The molecule has 4 rings (SSSR count). The molecule has 1 aromatic heterocycles. The van der Waals surface area contributed by atoms with Crippen LogP contribution >= 0.6 is 11.3 Å². The highest BCUT2D eigenvalue weighted by molar-refractivity contribution is 7.19. The van der Waals surface area contributed by atoms with Gasteiger partial charge >= 0.3 is 5.97 Å². The van der Waals surface area contributed by atoms with Gasteiger partial charge in [0.25, 0.3) is 0 Å². The molecule has 4 aromatic rings. The Morgan fingerprint density at radius 2 is 1.56 bits per heavy atom. The molecule has 1 heterocycles. The van der Waals surface area contributed by atoms with Gasteiger partial charge in [0.05, 0.1) is 16.6 Å². The lowest BCUT2D eigenvalue weighted by Crippen LogP contribution is -1.97. The Bertz CT molecular complexity index is 1080. The first-order valence-corrected chi connectivity index (χ1v) is 9.44. The summed E-state index contributed by atoms with van der Waals surface area (Å²) >= 11 is 1.52. The molecule has 1 N–H and O–H groups in total. The Morgan fingerprint density at radius 3 is 2.26 bits per heavy atom. The number of carboxylic acids is 1. The van der Waals surface area contributed by atoms with Gasteiger partial charge in [-0.15, -0.1) is 11.3 Å². The van der Waals surface area contributed by atoms with E-state index in [1.807, 2.05) is 60.7 Å². The molecule has 0 amide bonds. The van der Waals surface area contributed by atoms with Gasteiger partial charge in [0, 0.05) is 0 Å². The van der Waals surface area contributed by atoms with Crippen molar-refractivity contribution in [2.45, 2.75) is 6.42 Å². The molecule has 0 bridgehead atoms. The van der Waals surface area contributed by atoms with Crippen molar-refractivity contribution in [3.8, 4) is 11.1 Å². The number of carbonyl (C=O) groups is 1. The number of rotatable bonds is 5. The Labute approximate surface area is 161 Å². The maximum absolute atomic E-state index is 11.4. The number of aromatic nitrogens is 1. The van der Waals surface area contributed by atoms with E-state index in [0.29, 0.717) is 0 Å². The lowest BCUT2D eigenvalue weighted by molar-refractivity contribution is -0.135. The number of benzene rings is 3. The number of thiazole rings is 1. The number of para-hydroxylation sites is 1. The summed E-state index contributed by atoms with van der Waals surface area (Å²) in [6.45, 7) is 0. The first kappa shape index (κ1) is 17.2. The summed E-state index contributed by atoms with van der Waals surface area (Å²) in [5.41, 5.74) is 4.87. The molecule has 0 fully saturated rings. The predicted octanol–water partition coefficient (Wildman–Crippen LogP) is 5.98. The van der Waals surface area contributed by atoms with Crippen molar-refractivity contribution in [3.05, 3.63) is 89.4 Å². The summed E-state index contributed by atoms with van der Waals surface area (Å²) in [5.74, 6) is -0.860. The largest absolute Gasteiger partial charge is 0.481 e. The molecule has 0 saturated heterocycles. The zero-order chi connectivity index (χ0) is 18.6. The highest BCUT2D eigenvalue weighted by Crippen LogP contribution is 2.30. The van der Waals surface area contributed by atoms with Crippen molar-refractivity contribution < 1.29 is 9.90 Å². The quantitative estimate of drug-likeness (QED) is 0.469. The normalized spacial score (nSPS) is 11.6. The number of fused-ring (bicyclic) bond motifs is 1. The minimum absolute atomic E-state index is 0.0553. The van der Waals surface area contributed by atoms with Crippen molar-refractivity contribution in [1.82, 2.24) is 4.98 Å². The Kier molecular flexibility index (Phi) is 4.81. The molecule has 132 valence electrons. The van der Waals surface area contributed by atoms with Gasteiger partial charge in [-0.05, 0) is 40.5 Å². The van der Waals surface area contributed by atoms with Gasteiger partial charge in [0.15, 0.2) is 0 Å². The van der Waals surface area contributed by atoms with Crippen molar-refractivity contribution >= 4 is 39.2 Å². The molecule has 4 heteroatoms. The van der Waals surface area contributed by atoms with Crippen molar-refractivity contribution in [1.29, 1.82) is 0 Å². The van der Waals surface area contributed by atoms with E-state index < -0.39 is 5.97 Å². The van der Waals surface area contributed by atoms with Crippen LogP contribution in [-0.2, 0) is 4.79 Å². The average molecular weight is 371 g/mol. The second-order valence-electron chi connectivity index (χ2n) is 6.21. The van der Waals surface area contributed by atoms with Gasteiger partial charge in [0.1, 0.15) is 5.01 Å². The van der Waals surface area contributed by atoms with Crippen molar-refractivity contribution in [2.75, 3.05) is 0 Å². The second-order valence-corrected chi connectivity index (χ2v) is 7.25. The van der Waals surface area contributed by atoms with Crippen LogP contribution in [0, 0.1) is 0 Å². The van der Waals surface area contributed by atoms with Crippen LogP contribution in [-0.4, -0.2) is 16.1 Å². The van der Waals surface area contributed by atoms with Crippen LogP contribution in [0.15, 0.2) is 78.9 Å². The monoisotopic (exact) mass is 371 g/mol. The van der Waals surface area contributed by atoms with E-state index in [9.17, 15) is 9.90 Å². The van der Waals surface area contributed by atoms with Crippen LogP contribution in [0.3, 0.4) is 0 Å². The number of aliphatic carboxylic acids is 1. The van der Waals surface area contributed by atoms with Crippen molar-refractivity contribution in [3.63, 3.8) is 0 Å². The zero-order valence-electron chi connectivity index (χ0n) is 14.5. The number of hydrogen-bond donors (Lipinski definition) is 1. The molecule has 0 aliphatic rings. The second kappa shape index (κ2) is 7.56. The van der Waals surface area contributed by atoms with Crippen LogP contribution in [0.2, 0.25) is 0 Å². The zero-order valence-corrected chi connectivity index (χ0v) is 15.3. The molecule has 0 atom stereocenters. The standard InChI is InChI=1S/C23H17NO2S/c25-22(26)15-19(23-24-20-8-4-5-9-21(20)27-23)14-16-10-12-18(13-11-16)17-6-2-1-3-7-17/h1-14H,15H2,(H,25,26)/b19-14+. The molecule has 0 saturated carbocycles. The summed E-state index contributed by atoms with van der Waals surface area (Å²) in [6.07, 6.45) is 1.86. The highest BCUT2D eigenvalue weighted by Gasteiger charge is 2.12. The lowest BCUT2D eigenvalue weighted by Gasteiger charge is -2.04. The average Bonchev–Trinajstić information content (AvgIpc) is 3.13. The molecule has 0 aliphatic heterocycles. The van der Waals surface area contributed by atoms with Gasteiger partial charge < -0.3 is 5.11 Å². The van der Waals surface area contributed by atoms with Gasteiger partial charge in [-0.2, -0.15) is 0 Å². The first-order valence-electron chi connectivity index (χ1n) is 8.63. The van der Waals surface area contributed by atoms with Crippen LogP contribution in [0.25, 0.3) is 33.0 Å². The summed E-state index contributed by atoms with van der Waals surface area (Å²) < 4.78 is 1.06. The van der Waals surface area contributed by atoms with Gasteiger partial charge in [-0.1, -0.05) is 66.7 Å². The van der Waals surface area contributed by atoms with Crippen molar-refractivity contribution in [2.24, 2.45) is 0 Å². The molecule has 0 spiro atoms. The number of nitrogens with zero attached hydrogens (tertiary/aromatic N) is 1. The van der Waals surface area contributed by atoms with E-state index >= 15 is 0 Å². The Morgan fingerprint density at radius 1 is 0.889 bits per heavy atom.